The summed E-state index contributed by atoms with van der Waals surface area (Å²) in [7, 11) is 1.61. The Morgan fingerprint density at radius 1 is 1.08 bits per heavy atom. The standard InChI is InChI=1S/C28H24FN5O3S/c1-17(19-14-20(29)16-30-15-19)32-28-33-23-10-12-38-27(23)26(34-28)24(35)8-3-18-9-11-31-25(13-18)37-22-6-4-21(36-2)5-7-22/h4-7,9-17H,3,8H2,1-2H3,(H,32,33,34)/t17-/m0/s1. The van der Waals surface area contributed by atoms with Crippen molar-refractivity contribution in [3.63, 3.8) is 0 Å². The third kappa shape index (κ3) is 5.92. The Labute approximate surface area is 222 Å². The second-order valence-corrected chi connectivity index (χ2v) is 9.45. The SMILES string of the molecule is COc1ccc(Oc2cc(CCC(=O)c3nc(N[C@@H](C)c4cncc(F)c4)nc4ccsc34)ccn2)cc1. The van der Waals surface area contributed by atoms with Crippen LogP contribution < -0.4 is 14.8 Å². The van der Waals surface area contributed by atoms with Gasteiger partial charge in [-0.05, 0) is 72.3 Å². The van der Waals surface area contributed by atoms with Gasteiger partial charge in [0.25, 0.3) is 0 Å². The van der Waals surface area contributed by atoms with E-state index in [1.165, 1.54) is 17.4 Å². The molecule has 0 aliphatic rings. The molecule has 4 heterocycles. The second kappa shape index (κ2) is 11.3. The minimum Gasteiger partial charge on any atom is -0.497 e. The van der Waals surface area contributed by atoms with Crippen LogP contribution in [0.2, 0.25) is 0 Å². The number of halogens is 1. The highest BCUT2D eigenvalue weighted by atomic mass is 32.1. The molecule has 0 unspecified atom stereocenters. The lowest BCUT2D eigenvalue weighted by Gasteiger charge is -2.15. The van der Waals surface area contributed by atoms with Crippen LogP contribution in [0.5, 0.6) is 17.4 Å². The first kappa shape index (κ1) is 25.2. The van der Waals surface area contributed by atoms with Crippen molar-refractivity contribution in [1.29, 1.82) is 0 Å². The molecule has 0 fully saturated rings. The predicted octanol–water partition coefficient (Wildman–Crippen LogP) is 6.41. The zero-order valence-electron chi connectivity index (χ0n) is 20.7. The summed E-state index contributed by atoms with van der Waals surface area (Å²) < 4.78 is 25.4. The van der Waals surface area contributed by atoms with Crippen molar-refractivity contribution in [3.05, 3.63) is 95.1 Å². The van der Waals surface area contributed by atoms with Crippen LogP contribution in [0, 0.1) is 5.82 Å². The predicted molar refractivity (Wildman–Crippen MR) is 144 cm³/mol. The molecule has 5 rings (SSSR count). The highest BCUT2D eigenvalue weighted by molar-refractivity contribution is 7.17. The number of pyridine rings is 2. The Hall–Kier alpha value is -4.44. The van der Waals surface area contributed by atoms with Crippen LogP contribution in [0.4, 0.5) is 10.3 Å². The Bertz CT molecular complexity index is 1570. The number of carbonyl (C=O) groups excluding carboxylic acids is 1. The summed E-state index contributed by atoms with van der Waals surface area (Å²) in [5.41, 5.74) is 2.61. The van der Waals surface area contributed by atoms with E-state index in [2.05, 4.69) is 25.3 Å². The molecule has 38 heavy (non-hydrogen) atoms. The molecular formula is C28H24FN5O3S. The number of ether oxygens (including phenoxy) is 2. The molecule has 1 atom stereocenters. The molecule has 8 nitrogen and oxygen atoms in total. The molecule has 10 heteroatoms. The van der Waals surface area contributed by atoms with Gasteiger partial charge >= 0.3 is 0 Å². The van der Waals surface area contributed by atoms with Gasteiger partial charge in [0.1, 0.15) is 23.0 Å². The summed E-state index contributed by atoms with van der Waals surface area (Å²) in [5, 5.41) is 5.05. The van der Waals surface area contributed by atoms with E-state index in [0.717, 1.165) is 22.2 Å². The molecule has 0 radical (unpaired) electrons. The van der Waals surface area contributed by atoms with Crippen molar-refractivity contribution in [2.75, 3.05) is 12.4 Å². The van der Waals surface area contributed by atoms with Gasteiger partial charge in [0.2, 0.25) is 11.8 Å². The number of anilines is 1. The first-order chi connectivity index (χ1) is 18.5. The molecule has 0 saturated heterocycles. The maximum atomic E-state index is 13.6. The van der Waals surface area contributed by atoms with Gasteiger partial charge in [0.05, 0.1) is 29.6 Å². The average molecular weight is 530 g/mol. The van der Waals surface area contributed by atoms with Crippen LogP contribution in [0.3, 0.4) is 0 Å². The summed E-state index contributed by atoms with van der Waals surface area (Å²) in [6.45, 7) is 1.86. The number of ketones is 1. The lowest BCUT2D eigenvalue weighted by Crippen LogP contribution is -2.13. The minimum absolute atomic E-state index is 0.0996. The minimum atomic E-state index is -0.421. The fourth-order valence-electron chi connectivity index (χ4n) is 3.86. The van der Waals surface area contributed by atoms with Crippen LogP contribution in [-0.2, 0) is 6.42 Å². The number of thiophene rings is 1. The van der Waals surface area contributed by atoms with E-state index < -0.39 is 5.82 Å². The molecule has 1 aromatic carbocycles. The first-order valence-corrected chi connectivity index (χ1v) is 12.8. The summed E-state index contributed by atoms with van der Waals surface area (Å²) in [5.74, 6) is 1.59. The van der Waals surface area contributed by atoms with E-state index in [9.17, 15) is 9.18 Å². The number of hydrogen-bond donors (Lipinski definition) is 1. The van der Waals surface area contributed by atoms with Gasteiger partial charge in [0.15, 0.2) is 5.78 Å². The van der Waals surface area contributed by atoms with Crippen LogP contribution in [0.1, 0.15) is 41.0 Å². The summed E-state index contributed by atoms with van der Waals surface area (Å²) >= 11 is 1.42. The van der Waals surface area contributed by atoms with Crippen molar-refractivity contribution in [2.24, 2.45) is 0 Å². The summed E-state index contributed by atoms with van der Waals surface area (Å²) in [6.07, 6.45) is 5.13. The van der Waals surface area contributed by atoms with Gasteiger partial charge in [-0.15, -0.1) is 11.3 Å². The van der Waals surface area contributed by atoms with E-state index in [0.29, 0.717) is 40.8 Å². The third-order valence-electron chi connectivity index (χ3n) is 5.86. The highest BCUT2D eigenvalue weighted by Gasteiger charge is 2.18. The number of nitrogens with zero attached hydrogens (tertiary/aromatic N) is 4. The van der Waals surface area contributed by atoms with Crippen molar-refractivity contribution < 1.29 is 18.7 Å². The van der Waals surface area contributed by atoms with Gasteiger partial charge in [0, 0.05) is 24.9 Å². The Morgan fingerprint density at radius 3 is 2.68 bits per heavy atom. The van der Waals surface area contributed by atoms with Gasteiger partial charge in [-0.3, -0.25) is 9.78 Å². The molecule has 0 spiro atoms. The van der Waals surface area contributed by atoms with Crippen molar-refractivity contribution >= 4 is 33.3 Å². The highest BCUT2D eigenvalue weighted by Crippen LogP contribution is 2.27. The quantitative estimate of drug-likeness (QED) is 0.207. The monoisotopic (exact) mass is 529 g/mol. The van der Waals surface area contributed by atoms with Gasteiger partial charge < -0.3 is 14.8 Å². The topological polar surface area (TPSA) is 99.1 Å². The molecule has 192 valence electrons. The fraction of sp³-hybridized carbons (Fsp3) is 0.179. The number of aromatic nitrogens is 4. The fourth-order valence-corrected chi connectivity index (χ4v) is 4.70. The molecular weight excluding hydrogens is 505 g/mol. The lowest BCUT2D eigenvalue weighted by molar-refractivity contribution is 0.0980. The maximum absolute atomic E-state index is 13.6. The van der Waals surface area contributed by atoms with Crippen LogP contribution in [0.15, 0.2) is 72.5 Å². The van der Waals surface area contributed by atoms with Crippen molar-refractivity contribution in [1.82, 2.24) is 19.9 Å². The van der Waals surface area contributed by atoms with Gasteiger partial charge in [-0.2, -0.15) is 0 Å². The number of benzene rings is 1. The third-order valence-corrected chi connectivity index (χ3v) is 6.77. The van der Waals surface area contributed by atoms with E-state index >= 15 is 0 Å². The van der Waals surface area contributed by atoms with E-state index in [1.807, 2.05) is 42.6 Å². The number of hydrogen-bond acceptors (Lipinski definition) is 9. The van der Waals surface area contributed by atoms with E-state index in [4.69, 9.17) is 9.47 Å². The second-order valence-electron chi connectivity index (χ2n) is 8.54. The van der Waals surface area contributed by atoms with Crippen LogP contribution in [0.25, 0.3) is 10.2 Å². The number of methoxy groups -OCH3 is 1. The molecule has 0 amide bonds. The zero-order valence-corrected chi connectivity index (χ0v) is 21.5. The molecule has 5 aromatic rings. The smallest absolute Gasteiger partial charge is 0.224 e. The number of carbonyl (C=O) groups is 1. The molecule has 1 N–H and O–H groups in total. The Kier molecular flexibility index (Phi) is 7.50. The maximum Gasteiger partial charge on any atom is 0.224 e. The normalized spacial score (nSPS) is 11.8. The van der Waals surface area contributed by atoms with E-state index in [-0.39, 0.29) is 18.2 Å². The van der Waals surface area contributed by atoms with Crippen molar-refractivity contribution in [2.45, 2.75) is 25.8 Å². The van der Waals surface area contributed by atoms with E-state index in [1.54, 1.807) is 31.6 Å². The molecule has 0 aliphatic carbocycles. The average Bonchev–Trinajstić information content (AvgIpc) is 3.41. The molecule has 0 aliphatic heterocycles. The largest absolute Gasteiger partial charge is 0.497 e. The van der Waals surface area contributed by atoms with Gasteiger partial charge in [-0.25, -0.2) is 19.3 Å². The van der Waals surface area contributed by atoms with Crippen molar-refractivity contribution in [3.8, 4) is 17.4 Å². The van der Waals surface area contributed by atoms with Crippen LogP contribution in [-0.4, -0.2) is 32.8 Å². The zero-order chi connectivity index (χ0) is 26.5. The Morgan fingerprint density at radius 2 is 1.89 bits per heavy atom. The first-order valence-electron chi connectivity index (χ1n) is 11.9. The number of aryl methyl sites for hydroxylation is 1. The number of rotatable bonds is 10. The van der Waals surface area contributed by atoms with Gasteiger partial charge in [-0.1, -0.05) is 0 Å². The lowest BCUT2D eigenvalue weighted by atomic mass is 10.1. The number of fused-ring (bicyclic) bond motifs is 1. The van der Waals surface area contributed by atoms with Crippen LogP contribution >= 0.6 is 11.3 Å². The number of Topliss-reactive ketones (excluding diaryl/α,β-unsaturated/α-hetero) is 1. The molecule has 0 bridgehead atoms. The molecule has 0 saturated carbocycles. The number of nitrogens with one attached hydrogen (secondary N) is 1. The Balaban J connectivity index is 1.29. The molecule has 4 aromatic heterocycles. The summed E-state index contributed by atoms with van der Waals surface area (Å²) in [4.78, 5) is 30.5. The summed E-state index contributed by atoms with van der Waals surface area (Å²) in [6, 6.07) is 13.8.